The second-order valence-electron chi connectivity index (χ2n) is 3.90. The van der Waals surface area contributed by atoms with Gasteiger partial charge in [-0.05, 0) is 22.8 Å². The van der Waals surface area contributed by atoms with Gasteiger partial charge in [-0.25, -0.2) is 0 Å². The van der Waals surface area contributed by atoms with E-state index in [-0.39, 0.29) is 0 Å². The number of rotatable bonds is 3. The number of hydrogen-bond acceptors (Lipinski definition) is 2. The SMILES string of the molecule is NC(N)C(=Cc1ccccc1)c1ccccc1. The van der Waals surface area contributed by atoms with E-state index >= 15 is 0 Å². The Balaban J connectivity index is 2.40. The lowest BCUT2D eigenvalue weighted by atomic mass is 10.0. The quantitative estimate of drug-likeness (QED) is 0.621. The Morgan fingerprint density at radius 2 is 1.35 bits per heavy atom. The normalized spacial score (nSPS) is 11.8. The molecular formula is C15H16N2. The van der Waals surface area contributed by atoms with Gasteiger partial charge in [0.25, 0.3) is 0 Å². The van der Waals surface area contributed by atoms with Gasteiger partial charge in [0.05, 0.1) is 6.17 Å². The third-order valence-corrected chi connectivity index (χ3v) is 2.59. The molecular weight excluding hydrogens is 208 g/mol. The predicted molar refractivity (Wildman–Crippen MR) is 72.9 cm³/mol. The van der Waals surface area contributed by atoms with Gasteiger partial charge in [0.2, 0.25) is 0 Å². The van der Waals surface area contributed by atoms with Crippen molar-refractivity contribution in [3.05, 3.63) is 71.8 Å². The first-order valence-corrected chi connectivity index (χ1v) is 5.60. The van der Waals surface area contributed by atoms with Crippen LogP contribution in [-0.2, 0) is 0 Å². The first-order valence-electron chi connectivity index (χ1n) is 5.60. The van der Waals surface area contributed by atoms with Crippen LogP contribution in [0, 0.1) is 0 Å². The van der Waals surface area contributed by atoms with Gasteiger partial charge in [0, 0.05) is 0 Å². The molecule has 4 N–H and O–H groups in total. The predicted octanol–water partition coefficient (Wildman–Crippen LogP) is 2.47. The molecule has 0 fully saturated rings. The lowest BCUT2D eigenvalue weighted by Crippen LogP contribution is -2.31. The van der Waals surface area contributed by atoms with Gasteiger partial charge in [-0.1, -0.05) is 60.7 Å². The van der Waals surface area contributed by atoms with E-state index in [9.17, 15) is 0 Å². The molecule has 2 nitrogen and oxygen atoms in total. The summed E-state index contributed by atoms with van der Waals surface area (Å²) in [5.74, 6) is 0. The lowest BCUT2D eigenvalue weighted by Gasteiger charge is -2.12. The molecule has 2 aromatic rings. The van der Waals surface area contributed by atoms with Crippen molar-refractivity contribution >= 4 is 11.6 Å². The molecule has 0 saturated heterocycles. The molecule has 0 aliphatic heterocycles. The minimum absolute atomic E-state index is 0.474. The van der Waals surface area contributed by atoms with Crippen LogP contribution in [0.25, 0.3) is 11.6 Å². The average molecular weight is 224 g/mol. The van der Waals surface area contributed by atoms with Crippen LogP contribution in [0.1, 0.15) is 11.1 Å². The van der Waals surface area contributed by atoms with Gasteiger partial charge in [0.1, 0.15) is 0 Å². The fourth-order valence-electron chi connectivity index (χ4n) is 1.73. The largest absolute Gasteiger partial charge is 0.312 e. The number of benzene rings is 2. The molecule has 0 bridgehead atoms. The molecule has 0 radical (unpaired) electrons. The summed E-state index contributed by atoms with van der Waals surface area (Å²) in [7, 11) is 0. The molecule has 0 saturated carbocycles. The second-order valence-corrected chi connectivity index (χ2v) is 3.90. The zero-order chi connectivity index (χ0) is 12.1. The molecule has 86 valence electrons. The molecule has 2 rings (SSSR count). The highest BCUT2D eigenvalue weighted by Gasteiger charge is 2.06. The fraction of sp³-hybridized carbons (Fsp3) is 0.0667. The van der Waals surface area contributed by atoms with E-state index in [1.807, 2.05) is 66.7 Å². The highest BCUT2D eigenvalue weighted by atomic mass is 14.8. The van der Waals surface area contributed by atoms with Gasteiger partial charge < -0.3 is 11.5 Å². The fourth-order valence-corrected chi connectivity index (χ4v) is 1.73. The van der Waals surface area contributed by atoms with E-state index < -0.39 is 6.17 Å². The van der Waals surface area contributed by atoms with Crippen molar-refractivity contribution in [1.29, 1.82) is 0 Å². The molecule has 2 aromatic carbocycles. The van der Waals surface area contributed by atoms with Gasteiger partial charge in [0.15, 0.2) is 0 Å². The molecule has 0 spiro atoms. The average Bonchev–Trinajstić information content (AvgIpc) is 2.38. The van der Waals surface area contributed by atoms with Gasteiger partial charge in [-0.15, -0.1) is 0 Å². The second kappa shape index (κ2) is 5.43. The van der Waals surface area contributed by atoms with Crippen LogP contribution in [0.15, 0.2) is 60.7 Å². The highest BCUT2D eigenvalue weighted by Crippen LogP contribution is 2.18. The lowest BCUT2D eigenvalue weighted by molar-refractivity contribution is 0.899. The van der Waals surface area contributed by atoms with Crippen molar-refractivity contribution in [3.8, 4) is 0 Å². The minimum Gasteiger partial charge on any atom is -0.312 e. The Morgan fingerprint density at radius 1 is 0.824 bits per heavy atom. The third kappa shape index (κ3) is 3.03. The summed E-state index contributed by atoms with van der Waals surface area (Å²) in [4.78, 5) is 0. The van der Waals surface area contributed by atoms with Crippen molar-refractivity contribution in [2.75, 3.05) is 0 Å². The Kier molecular flexibility index (Phi) is 3.70. The molecule has 0 unspecified atom stereocenters. The first-order chi connectivity index (χ1) is 8.27. The molecule has 0 aliphatic carbocycles. The summed E-state index contributed by atoms with van der Waals surface area (Å²) in [5, 5.41) is 0. The van der Waals surface area contributed by atoms with Crippen LogP contribution in [0.4, 0.5) is 0 Å². The standard InChI is InChI=1S/C15H16N2/c16-15(17)14(13-9-5-2-6-10-13)11-12-7-3-1-4-8-12/h1-11,15H,16-17H2. The Labute approximate surface area is 102 Å². The van der Waals surface area contributed by atoms with Crippen LogP contribution < -0.4 is 11.5 Å². The molecule has 17 heavy (non-hydrogen) atoms. The maximum absolute atomic E-state index is 5.83. The van der Waals surface area contributed by atoms with E-state index in [4.69, 9.17) is 11.5 Å². The Bertz CT molecular complexity index is 487. The molecule has 0 aliphatic rings. The van der Waals surface area contributed by atoms with Crippen molar-refractivity contribution < 1.29 is 0 Å². The Morgan fingerprint density at radius 3 is 1.88 bits per heavy atom. The minimum atomic E-state index is -0.474. The summed E-state index contributed by atoms with van der Waals surface area (Å²) < 4.78 is 0. The van der Waals surface area contributed by atoms with E-state index in [1.54, 1.807) is 0 Å². The summed E-state index contributed by atoms with van der Waals surface area (Å²) in [6, 6.07) is 20.0. The molecule has 2 heteroatoms. The first kappa shape index (κ1) is 11.6. The van der Waals surface area contributed by atoms with E-state index in [0.29, 0.717) is 0 Å². The monoisotopic (exact) mass is 224 g/mol. The topological polar surface area (TPSA) is 52.0 Å². The van der Waals surface area contributed by atoms with E-state index in [1.165, 1.54) is 0 Å². The van der Waals surface area contributed by atoms with Crippen LogP contribution in [-0.4, -0.2) is 6.17 Å². The van der Waals surface area contributed by atoms with Crippen LogP contribution in [0.5, 0.6) is 0 Å². The van der Waals surface area contributed by atoms with Gasteiger partial charge >= 0.3 is 0 Å². The van der Waals surface area contributed by atoms with Crippen molar-refractivity contribution in [2.24, 2.45) is 11.5 Å². The highest BCUT2D eigenvalue weighted by molar-refractivity contribution is 5.83. The maximum Gasteiger partial charge on any atom is 0.0790 e. The smallest absolute Gasteiger partial charge is 0.0790 e. The van der Waals surface area contributed by atoms with Gasteiger partial charge in [-0.2, -0.15) is 0 Å². The van der Waals surface area contributed by atoms with Gasteiger partial charge in [-0.3, -0.25) is 0 Å². The summed E-state index contributed by atoms with van der Waals surface area (Å²) in [6.07, 6.45) is 1.55. The molecule has 0 atom stereocenters. The summed E-state index contributed by atoms with van der Waals surface area (Å²) >= 11 is 0. The van der Waals surface area contributed by atoms with Crippen molar-refractivity contribution in [3.63, 3.8) is 0 Å². The van der Waals surface area contributed by atoms with E-state index in [0.717, 1.165) is 16.7 Å². The maximum atomic E-state index is 5.83. The number of nitrogens with two attached hydrogens (primary N) is 2. The van der Waals surface area contributed by atoms with Crippen molar-refractivity contribution in [2.45, 2.75) is 6.17 Å². The van der Waals surface area contributed by atoms with Crippen molar-refractivity contribution in [1.82, 2.24) is 0 Å². The summed E-state index contributed by atoms with van der Waals surface area (Å²) in [6.45, 7) is 0. The van der Waals surface area contributed by atoms with Crippen LogP contribution >= 0.6 is 0 Å². The van der Waals surface area contributed by atoms with Crippen LogP contribution in [0.2, 0.25) is 0 Å². The molecule has 0 aromatic heterocycles. The number of hydrogen-bond donors (Lipinski definition) is 2. The Hall–Kier alpha value is -1.90. The summed E-state index contributed by atoms with van der Waals surface area (Å²) in [5.41, 5.74) is 14.8. The molecule has 0 heterocycles. The zero-order valence-corrected chi connectivity index (χ0v) is 9.58. The van der Waals surface area contributed by atoms with E-state index in [2.05, 4.69) is 0 Å². The molecule has 0 amide bonds. The van der Waals surface area contributed by atoms with Crippen LogP contribution in [0.3, 0.4) is 0 Å². The zero-order valence-electron chi connectivity index (χ0n) is 9.58. The third-order valence-electron chi connectivity index (χ3n) is 2.59.